The smallest absolute Gasteiger partial charge is 0.314 e. The minimum Gasteiger partial charge on any atom is -0.497 e. The Kier molecular flexibility index (Phi) is 4.73. The monoisotopic (exact) mass is 252 g/mol. The van der Waals surface area contributed by atoms with Gasteiger partial charge in [0.25, 0.3) is 0 Å². The zero-order valence-corrected chi connectivity index (χ0v) is 11.5. The minimum absolute atomic E-state index is 0.301. The van der Waals surface area contributed by atoms with Gasteiger partial charge in [-0.05, 0) is 31.5 Å². The highest BCUT2D eigenvalue weighted by Crippen LogP contribution is 2.37. The fraction of sp³-hybridized carbons (Fsp3) is 0.500. The first-order valence-corrected chi connectivity index (χ1v) is 5.72. The van der Waals surface area contributed by atoms with Gasteiger partial charge in [-0.25, -0.2) is 0 Å². The van der Waals surface area contributed by atoms with Gasteiger partial charge >= 0.3 is 5.97 Å². The van der Waals surface area contributed by atoms with Crippen LogP contribution in [0.2, 0.25) is 0 Å². The summed E-state index contributed by atoms with van der Waals surface area (Å²) >= 11 is 0. The Morgan fingerprint density at radius 3 is 2.06 bits per heavy atom. The molecule has 1 rings (SSSR count). The normalized spacial score (nSPS) is 12.9. The van der Waals surface area contributed by atoms with Gasteiger partial charge in [-0.1, -0.05) is 12.1 Å². The summed E-state index contributed by atoms with van der Waals surface area (Å²) in [6.45, 7) is 3.61. The number of methoxy groups -OCH3 is 3. The van der Waals surface area contributed by atoms with Gasteiger partial charge in [0.2, 0.25) is 0 Å². The van der Waals surface area contributed by atoms with E-state index in [0.717, 1.165) is 11.3 Å². The molecule has 1 aromatic carbocycles. The molecule has 0 bridgehead atoms. The van der Waals surface area contributed by atoms with Gasteiger partial charge in [0.15, 0.2) is 0 Å². The quantitative estimate of drug-likeness (QED) is 0.755. The average Bonchev–Trinajstić information content (AvgIpc) is 2.39. The molecule has 0 aromatic heterocycles. The van der Waals surface area contributed by atoms with Crippen LogP contribution in [0.1, 0.15) is 25.5 Å². The fourth-order valence-corrected chi connectivity index (χ4v) is 2.00. The Morgan fingerprint density at radius 2 is 1.67 bits per heavy atom. The maximum Gasteiger partial charge on any atom is 0.314 e. The summed E-state index contributed by atoms with van der Waals surface area (Å²) in [6, 6.07) is 7.46. The van der Waals surface area contributed by atoms with E-state index in [1.807, 2.05) is 24.3 Å². The lowest BCUT2D eigenvalue weighted by Crippen LogP contribution is -2.33. The second-order valence-electron chi connectivity index (χ2n) is 4.60. The number of hydrogen-bond acceptors (Lipinski definition) is 4. The fourth-order valence-electron chi connectivity index (χ4n) is 2.00. The van der Waals surface area contributed by atoms with Crippen LogP contribution in [0.5, 0.6) is 5.75 Å². The summed E-state index contributed by atoms with van der Waals surface area (Å²) in [4.78, 5) is 11.8. The van der Waals surface area contributed by atoms with Crippen LogP contribution < -0.4 is 4.74 Å². The van der Waals surface area contributed by atoms with E-state index in [9.17, 15) is 4.79 Å². The number of rotatable bonds is 5. The Labute approximate surface area is 108 Å². The molecule has 4 heteroatoms. The molecule has 0 heterocycles. The van der Waals surface area contributed by atoms with Gasteiger partial charge in [0.1, 0.15) is 5.75 Å². The molecule has 18 heavy (non-hydrogen) atoms. The van der Waals surface area contributed by atoms with Crippen molar-refractivity contribution in [2.24, 2.45) is 5.41 Å². The van der Waals surface area contributed by atoms with E-state index in [1.54, 1.807) is 28.1 Å². The third-order valence-electron chi connectivity index (χ3n) is 3.02. The first-order valence-electron chi connectivity index (χ1n) is 5.72. The van der Waals surface area contributed by atoms with E-state index in [1.165, 1.54) is 7.11 Å². The Bertz CT molecular complexity index is 395. The zero-order valence-electron chi connectivity index (χ0n) is 11.5. The number of ether oxygens (including phenoxy) is 3. The standard InChI is InChI=1S/C14H20O4/c1-14(2,13(15)18-5)12(17-4)10-6-8-11(16-3)9-7-10/h6-9,12H,1-5H3. The summed E-state index contributed by atoms with van der Waals surface area (Å²) < 4.78 is 15.4. The lowest BCUT2D eigenvalue weighted by molar-refractivity contribution is -0.159. The average molecular weight is 252 g/mol. The van der Waals surface area contributed by atoms with Crippen LogP contribution in [0.15, 0.2) is 24.3 Å². The molecule has 0 amide bonds. The second-order valence-corrected chi connectivity index (χ2v) is 4.60. The van der Waals surface area contributed by atoms with Crippen LogP contribution in [0.25, 0.3) is 0 Å². The molecule has 1 aromatic rings. The molecule has 0 aliphatic heterocycles. The summed E-state index contributed by atoms with van der Waals surface area (Å²) in [5, 5.41) is 0. The van der Waals surface area contributed by atoms with E-state index in [2.05, 4.69) is 0 Å². The molecular formula is C14H20O4. The molecule has 0 saturated heterocycles. The highest BCUT2D eigenvalue weighted by Gasteiger charge is 2.39. The van der Waals surface area contributed by atoms with Gasteiger partial charge in [-0.2, -0.15) is 0 Å². The van der Waals surface area contributed by atoms with Crippen molar-refractivity contribution >= 4 is 5.97 Å². The molecule has 100 valence electrons. The van der Waals surface area contributed by atoms with Crippen LogP contribution in [0.4, 0.5) is 0 Å². The topological polar surface area (TPSA) is 44.8 Å². The van der Waals surface area contributed by atoms with Crippen LogP contribution in [0, 0.1) is 5.41 Å². The summed E-state index contributed by atoms with van der Waals surface area (Å²) in [5.74, 6) is 0.467. The largest absolute Gasteiger partial charge is 0.497 e. The van der Waals surface area contributed by atoms with Crippen molar-refractivity contribution in [1.82, 2.24) is 0 Å². The van der Waals surface area contributed by atoms with Crippen LogP contribution in [-0.4, -0.2) is 27.3 Å². The zero-order chi connectivity index (χ0) is 13.8. The summed E-state index contributed by atoms with van der Waals surface area (Å²) in [6.07, 6.45) is -0.365. The number of esters is 1. The number of carbonyl (C=O) groups is 1. The van der Waals surface area contributed by atoms with Gasteiger partial charge < -0.3 is 14.2 Å². The van der Waals surface area contributed by atoms with Gasteiger partial charge in [0.05, 0.1) is 25.7 Å². The minimum atomic E-state index is -0.752. The van der Waals surface area contributed by atoms with E-state index in [-0.39, 0.29) is 12.1 Å². The summed E-state index contributed by atoms with van der Waals surface area (Å²) in [7, 11) is 4.58. The molecule has 0 saturated carbocycles. The molecule has 1 unspecified atom stereocenters. The third kappa shape index (κ3) is 2.82. The van der Waals surface area contributed by atoms with E-state index in [0.29, 0.717) is 0 Å². The maximum atomic E-state index is 11.8. The highest BCUT2D eigenvalue weighted by atomic mass is 16.5. The van der Waals surface area contributed by atoms with Crippen LogP contribution in [-0.2, 0) is 14.3 Å². The lowest BCUT2D eigenvalue weighted by Gasteiger charge is -2.30. The van der Waals surface area contributed by atoms with Crippen molar-refractivity contribution in [2.75, 3.05) is 21.3 Å². The highest BCUT2D eigenvalue weighted by molar-refractivity contribution is 5.76. The van der Waals surface area contributed by atoms with Gasteiger partial charge in [-0.3, -0.25) is 4.79 Å². The van der Waals surface area contributed by atoms with Crippen LogP contribution >= 0.6 is 0 Å². The molecule has 0 N–H and O–H groups in total. The van der Waals surface area contributed by atoms with E-state index < -0.39 is 5.41 Å². The third-order valence-corrected chi connectivity index (χ3v) is 3.02. The molecule has 4 nitrogen and oxygen atoms in total. The Morgan fingerprint density at radius 1 is 1.11 bits per heavy atom. The first kappa shape index (κ1) is 14.5. The maximum absolute atomic E-state index is 11.8. The lowest BCUT2D eigenvalue weighted by atomic mass is 9.82. The predicted octanol–water partition coefficient (Wildman–Crippen LogP) is 2.58. The molecule has 0 aliphatic rings. The van der Waals surface area contributed by atoms with Crippen molar-refractivity contribution < 1.29 is 19.0 Å². The Hall–Kier alpha value is -1.55. The van der Waals surface area contributed by atoms with Crippen molar-refractivity contribution in [3.8, 4) is 5.75 Å². The molecule has 0 radical (unpaired) electrons. The number of benzene rings is 1. The molecular weight excluding hydrogens is 232 g/mol. The van der Waals surface area contributed by atoms with Crippen molar-refractivity contribution in [2.45, 2.75) is 20.0 Å². The van der Waals surface area contributed by atoms with Crippen molar-refractivity contribution in [3.63, 3.8) is 0 Å². The summed E-state index contributed by atoms with van der Waals surface area (Å²) in [5.41, 5.74) is 0.159. The van der Waals surface area contributed by atoms with E-state index in [4.69, 9.17) is 14.2 Å². The van der Waals surface area contributed by atoms with Gasteiger partial charge in [0, 0.05) is 7.11 Å². The van der Waals surface area contributed by atoms with Crippen LogP contribution in [0.3, 0.4) is 0 Å². The molecule has 0 fully saturated rings. The van der Waals surface area contributed by atoms with E-state index >= 15 is 0 Å². The SMILES string of the molecule is COC(=O)C(C)(C)C(OC)c1ccc(OC)cc1. The number of hydrogen-bond donors (Lipinski definition) is 0. The predicted molar refractivity (Wildman–Crippen MR) is 68.5 cm³/mol. The first-order chi connectivity index (χ1) is 8.47. The second kappa shape index (κ2) is 5.87. The van der Waals surface area contributed by atoms with Crippen molar-refractivity contribution in [1.29, 1.82) is 0 Å². The molecule has 1 atom stereocenters. The van der Waals surface area contributed by atoms with Crippen molar-refractivity contribution in [3.05, 3.63) is 29.8 Å². The molecule has 0 aliphatic carbocycles. The number of carbonyl (C=O) groups excluding carboxylic acids is 1. The molecule has 0 spiro atoms. The van der Waals surface area contributed by atoms with Gasteiger partial charge in [-0.15, -0.1) is 0 Å². The Balaban J connectivity index is 3.04.